The summed E-state index contributed by atoms with van der Waals surface area (Å²) in [5.41, 5.74) is 0. The van der Waals surface area contributed by atoms with E-state index in [1.807, 2.05) is 6.92 Å². The van der Waals surface area contributed by atoms with Crippen LogP contribution in [0.5, 0.6) is 0 Å². The van der Waals surface area contributed by atoms with Crippen LogP contribution >= 0.6 is 7.82 Å². The van der Waals surface area contributed by atoms with Crippen molar-refractivity contribution in [1.29, 1.82) is 0 Å². The van der Waals surface area contributed by atoms with E-state index >= 15 is 0 Å². The van der Waals surface area contributed by atoms with Crippen LogP contribution in [0.3, 0.4) is 0 Å². The van der Waals surface area contributed by atoms with Crippen molar-refractivity contribution in [2.24, 2.45) is 0 Å². The molecule has 268 valence electrons. The van der Waals surface area contributed by atoms with Crippen LogP contribution in [0.4, 0.5) is 0 Å². The second kappa shape index (κ2) is 33.0. The monoisotopic (exact) mass is 662 g/mol. The minimum absolute atomic E-state index is 0.0746. The van der Waals surface area contributed by atoms with Crippen LogP contribution in [0, 0.1) is 0 Å². The van der Waals surface area contributed by atoms with Gasteiger partial charge in [-0.2, -0.15) is 0 Å². The summed E-state index contributed by atoms with van der Waals surface area (Å²) in [5.74, 6) is -0.784. The molecule has 0 fully saturated rings. The molecule has 8 nitrogen and oxygen atoms in total. The summed E-state index contributed by atoms with van der Waals surface area (Å²) in [6.07, 6.45) is 29.2. The fourth-order valence-corrected chi connectivity index (χ4v) is 6.10. The van der Waals surface area contributed by atoms with Crippen molar-refractivity contribution in [2.45, 2.75) is 200 Å². The van der Waals surface area contributed by atoms with Gasteiger partial charge >= 0.3 is 19.8 Å². The van der Waals surface area contributed by atoms with E-state index in [-0.39, 0.29) is 32.2 Å². The van der Waals surface area contributed by atoms with Crippen LogP contribution in [-0.4, -0.2) is 42.8 Å². The van der Waals surface area contributed by atoms with E-state index in [0.717, 1.165) is 38.5 Å². The van der Waals surface area contributed by atoms with Gasteiger partial charge < -0.3 is 14.4 Å². The van der Waals surface area contributed by atoms with E-state index in [0.29, 0.717) is 12.8 Å². The third kappa shape index (κ3) is 32.8. The zero-order chi connectivity index (χ0) is 33.3. The fraction of sp³-hybridized carbons (Fsp3) is 0.944. The minimum atomic E-state index is -4.28. The molecule has 1 N–H and O–H groups in total. The standard InChI is InChI=1S/C36H71O8P/c1-4-7-9-11-13-15-17-18-20-21-23-25-27-29-35(37)41-32-34(33-43-45(39,40)42-31-6-3)44-36(38)30-28-26-24-22-19-16-14-12-10-8-5-2/h34H,4-33H2,1-3H3,(H,39,40). The van der Waals surface area contributed by atoms with E-state index in [2.05, 4.69) is 13.8 Å². The van der Waals surface area contributed by atoms with Gasteiger partial charge in [-0.05, 0) is 19.3 Å². The van der Waals surface area contributed by atoms with Crippen molar-refractivity contribution in [3.05, 3.63) is 0 Å². The second-order valence-electron chi connectivity index (χ2n) is 12.7. The number of rotatable bonds is 35. The van der Waals surface area contributed by atoms with Crippen molar-refractivity contribution in [1.82, 2.24) is 0 Å². The molecule has 0 aromatic rings. The van der Waals surface area contributed by atoms with Crippen LogP contribution in [0.2, 0.25) is 0 Å². The van der Waals surface area contributed by atoms with Crippen LogP contribution in [0.1, 0.15) is 194 Å². The van der Waals surface area contributed by atoms with Gasteiger partial charge in [0.1, 0.15) is 6.61 Å². The van der Waals surface area contributed by atoms with Gasteiger partial charge in [0.25, 0.3) is 0 Å². The Labute approximate surface area is 277 Å². The predicted molar refractivity (Wildman–Crippen MR) is 184 cm³/mol. The third-order valence-electron chi connectivity index (χ3n) is 8.08. The SMILES string of the molecule is CCCCCCCCCCCCCCCC(=O)OCC(COP(=O)(O)OCCC)OC(=O)CCCCCCCCCCCCC. The molecule has 0 aromatic heterocycles. The summed E-state index contributed by atoms with van der Waals surface area (Å²) >= 11 is 0. The Kier molecular flexibility index (Phi) is 32.3. The maximum absolute atomic E-state index is 12.5. The number of hydrogen-bond donors (Lipinski definition) is 1. The summed E-state index contributed by atoms with van der Waals surface area (Å²) < 4.78 is 32.9. The molecule has 0 aliphatic rings. The van der Waals surface area contributed by atoms with E-state index in [1.165, 1.54) is 116 Å². The molecule has 0 saturated carbocycles. The summed E-state index contributed by atoms with van der Waals surface area (Å²) in [4.78, 5) is 34.7. The number of unbranched alkanes of at least 4 members (excludes halogenated alkanes) is 22. The first kappa shape index (κ1) is 44.0. The first-order valence-electron chi connectivity index (χ1n) is 18.8. The molecule has 0 aliphatic heterocycles. The van der Waals surface area contributed by atoms with Gasteiger partial charge in [-0.15, -0.1) is 0 Å². The van der Waals surface area contributed by atoms with Crippen molar-refractivity contribution >= 4 is 19.8 Å². The van der Waals surface area contributed by atoms with Crippen molar-refractivity contribution in [3.8, 4) is 0 Å². The molecule has 2 atom stereocenters. The topological polar surface area (TPSA) is 108 Å². The molecule has 0 heterocycles. The highest BCUT2D eigenvalue weighted by atomic mass is 31.2. The Balaban J connectivity index is 4.20. The van der Waals surface area contributed by atoms with Gasteiger partial charge in [-0.3, -0.25) is 18.6 Å². The van der Waals surface area contributed by atoms with Crippen molar-refractivity contribution in [2.75, 3.05) is 19.8 Å². The molecular weight excluding hydrogens is 591 g/mol. The smallest absolute Gasteiger partial charge is 0.462 e. The van der Waals surface area contributed by atoms with Gasteiger partial charge in [-0.25, -0.2) is 4.57 Å². The Hall–Kier alpha value is -0.950. The van der Waals surface area contributed by atoms with Crippen LogP contribution in [0.15, 0.2) is 0 Å². The molecule has 2 unspecified atom stereocenters. The molecule has 0 aliphatic carbocycles. The average molecular weight is 663 g/mol. The summed E-state index contributed by atoms with van der Waals surface area (Å²) in [6.45, 7) is 5.78. The summed E-state index contributed by atoms with van der Waals surface area (Å²) in [7, 11) is -4.28. The number of esters is 2. The highest BCUT2D eigenvalue weighted by Crippen LogP contribution is 2.43. The quantitative estimate of drug-likeness (QED) is 0.0406. The largest absolute Gasteiger partial charge is 0.472 e. The normalized spacial score (nSPS) is 13.4. The highest BCUT2D eigenvalue weighted by molar-refractivity contribution is 7.47. The second-order valence-corrected chi connectivity index (χ2v) is 14.1. The van der Waals surface area contributed by atoms with Crippen molar-refractivity contribution in [3.63, 3.8) is 0 Å². The lowest BCUT2D eigenvalue weighted by molar-refractivity contribution is -0.161. The Morgan fingerprint density at radius 3 is 1.29 bits per heavy atom. The Bertz CT molecular complexity index is 717. The maximum atomic E-state index is 12.5. The first-order chi connectivity index (χ1) is 21.8. The number of carbonyl (C=O) groups excluding carboxylic acids is 2. The molecule has 0 bridgehead atoms. The lowest BCUT2D eigenvalue weighted by Gasteiger charge is -2.20. The predicted octanol–water partition coefficient (Wildman–Crippen LogP) is 11.2. The summed E-state index contributed by atoms with van der Waals surface area (Å²) in [5, 5.41) is 0. The van der Waals surface area contributed by atoms with Gasteiger partial charge in [-0.1, -0.05) is 162 Å². The number of hydrogen-bond acceptors (Lipinski definition) is 7. The number of ether oxygens (including phenoxy) is 2. The van der Waals surface area contributed by atoms with E-state index in [9.17, 15) is 19.0 Å². The highest BCUT2D eigenvalue weighted by Gasteiger charge is 2.25. The lowest BCUT2D eigenvalue weighted by atomic mass is 10.0. The van der Waals surface area contributed by atoms with E-state index in [1.54, 1.807) is 0 Å². The number of carbonyl (C=O) groups is 2. The van der Waals surface area contributed by atoms with Crippen LogP contribution in [-0.2, 0) is 32.7 Å². The van der Waals surface area contributed by atoms with Crippen LogP contribution in [0.25, 0.3) is 0 Å². The lowest BCUT2D eigenvalue weighted by Crippen LogP contribution is -2.29. The maximum Gasteiger partial charge on any atom is 0.472 e. The molecule has 45 heavy (non-hydrogen) atoms. The summed E-state index contributed by atoms with van der Waals surface area (Å²) in [6, 6.07) is 0. The molecule has 0 radical (unpaired) electrons. The van der Waals surface area contributed by atoms with E-state index < -0.39 is 19.9 Å². The average Bonchev–Trinajstić information content (AvgIpc) is 3.02. The molecular formula is C36H71O8P. The zero-order valence-electron chi connectivity index (χ0n) is 29.5. The Morgan fingerprint density at radius 1 is 0.511 bits per heavy atom. The molecule has 0 amide bonds. The van der Waals surface area contributed by atoms with E-state index in [4.69, 9.17) is 18.5 Å². The molecule has 0 rings (SSSR count). The van der Waals surface area contributed by atoms with Gasteiger partial charge in [0.2, 0.25) is 0 Å². The fourth-order valence-electron chi connectivity index (χ4n) is 5.26. The number of phosphoric acid groups is 1. The van der Waals surface area contributed by atoms with Gasteiger partial charge in [0.15, 0.2) is 6.10 Å². The molecule has 0 aromatic carbocycles. The zero-order valence-corrected chi connectivity index (χ0v) is 30.4. The van der Waals surface area contributed by atoms with Gasteiger partial charge in [0.05, 0.1) is 13.2 Å². The molecule has 0 spiro atoms. The molecule has 0 saturated heterocycles. The first-order valence-corrected chi connectivity index (χ1v) is 20.3. The van der Waals surface area contributed by atoms with Crippen molar-refractivity contribution < 1.29 is 37.6 Å². The third-order valence-corrected chi connectivity index (χ3v) is 9.06. The molecule has 9 heteroatoms. The van der Waals surface area contributed by atoms with Gasteiger partial charge in [0, 0.05) is 12.8 Å². The number of phosphoric ester groups is 1. The minimum Gasteiger partial charge on any atom is -0.462 e. The Morgan fingerprint density at radius 2 is 0.889 bits per heavy atom. The van der Waals surface area contributed by atoms with Crippen LogP contribution < -0.4 is 0 Å².